The largest absolute Gasteiger partial charge is 0.477 e. The molecule has 0 atom stereocenters. The zero-order chi connectivity index (χ0) is 10.8. The van der Waals surface area contributed by atoms with Crippen LogP contribution in [0.3, 0.4) is 0 Å². The van der Waals surface area contributed by atoms with Gasteiger partial charge in [0.15, 0.2) is 0 Å². The molecule has 0 radical (unpaired) electrons. The van der Waals surface area contributed by atoms with Crippen LogP contribution in [0.5, 0.6) is 0 Å². The minimum Gasteiger partial charge on any atom is -0.477 e. The van der Waals surface area contributed by atoms with Crippen LogP contribution in [0.1, 0.15) is 15.5 Å². The molecule has 0 aliphatic heterocycles. The monoisotopic (exact) mass is 220 g/mol. The molecule has 0 aromatic carbocycles. The van der Waals surface area contributed by atoms with Crippen molar-refractivity contribution in [1.29, 1.82) is 0 Å². The second kappa shape index (κ2) is 3.78. The molecule has 2 heterocycles. The Morgan fingerprint density at radius 3 is 2.93 bits per heavy atom. The van der Waals surface area contributed by atoms with E-state index >= 15 is 0 Å². The number of rotatable bonds is 2. The fourth-order valence-corrected chi connectivity index (χ4v) is 1.82. The van der Waals surface area contributed by atoms with Gasteiger partial charge in [-0.3, -0.25) is 0 Å². The fourth-order valence-electron chi connectivity index (χ4n) is 1.20. The van der Waals surface area contributed by atoms with Crippen molar-refractivity contribution in [2.75, 3.05) is 0 Å². The summed E-state index contributed by atoms with van der Waals surface area (Å²) in [7, 11) is 0. The predicted octanol–water partition coefficient (Wildman–Crippen LogP) is 2.21. The third kappa shape index (κ3) is 2.02. The first-order valence-electron chi connectivity index (χ1n) is 4.28. The molecule has 0 saturated carbocycles. The van der Waals surface area contributed by atoms with E-state index in [2.05, 4.69) is 9.97 Å². The lowest BCUT2D eigenvalue weighted by Gasteiger charge is -1.97. The first-order valence-corrected chi connectivity index (χ1v) is 5.16. The number of hydrogen-bond acceptors (Lipinski definition) is 4. The summed E-state index contributed by atoms with van der Waals surface area (Å²) in [5.41, 5.74) is 1.62. The molecule has 0 aliphatic carbocycles. The summed E-state index contributed by atoms with van der Waals surface area (Å²) in [6.07, 6.45) is 1.48. The van der Waals surface area contributed by atoms with Crippen molar-refractivity contribution in [3.05, 3.63) is 34.4 Å². The van der Waals surface area contributed by atoms with E-state index in [9.17, 15) is 4.79 Å². The molecule has 2 aromatic rings. The highest BCUT2D eigenvalue weighted by Gasteiger charge is 2.07. The number of nitrogens with zero attached hydrogens (tertiary/aromatic N) is 2. The Balaban J connectivity index is 2.45. The van der Waals surface area contributed by atoms with Gasteiger partial charge < -0.3 is 5.11 Å². The number of carboxylic acid groups (broad SMARTS) is 1. The zero-order valence-corrected chi connectivity index (χ0v) is 8.78. The van der Waals surface area contributed by atoms with Gasteiger partial charge in [-0.25, -0.2) is 14.8 Å². The molecule has 0 saturated heterocycles. The lowest BCUT2D eigenvalue weighted by molar-refractivity contribution is 0.0690. The Kier molecular flexibility index (Phi) is 2.47. The smallest absolute Gasteiger partial charge is 0.354 e. The highest BCUT2D eigenvalue weighted by Crippen LogP contribution is 2.21. The molecule has 2 aromatic heterocycles. The maximum absolute atomic E-state index is 10.7. The second-order valence-electron chi connectivity index (χ2n) is 2.99. The summed E-state index contributed by atoms with van der Waals surface area (Å²) in [5.74, 6) is -1.02. The van der Waals surface area contributed by atoms with Crippen LogP contribution in [0.4, 0.5) is 0 Å². The van der Waals surface area contributed by atoms with Gasteiger partial charge in [-0.05, 0) is 19.1 Å². The number of carboxylic acids is 1. The number of thiazole rings is 1. The van der Waals surface area contributed by atoms with Crippen LogP contribution >= 0.6 is 11.3 Å². The maximum atomic E-state index is 10.7. The van der Waals surface area contributed by atoms with E-state index in [0.29, 0.717) is 0 Å². The Morgan fingerprint density at radius 1 is 1.53 bits per heavy atom. The van der Waals surface area contributed by atoms with Gasteiger partial charge >= 0.3 is 5.97 Å². The van der Waals surface area contributed by atoms with Gasteiger partial charge in [-0.1, -0.05) is 0 Å². The number of aryl methyl sites for hydroxylation is 1. The molecule has 0 spiro atoms. The van der Waals surface area contributed by atoms with E-state index in [1.807, 2.05) is 12.3 Å². The lowest BCUT2D eigenvalue weighted by Crippen LogP contribution is -1.99. The molecule has 0 amide bonds. The van der Waals surface area contributed by atoms with Gasteiger partial charge in [-0.15, -0.1) is 11.3 Å². The molecule has 1 N–H and O–H groups in total. The van der Waals surface area contributed by atoms with Crippen LogP contribution in [-0.2, 0) is 0 Å². The predicted molar refractivity (Wildman–Crippen MR) is 57.0 cm³/mol. The molecular formula is C10H8N2O2S. The third-order valence-corrected chi connectivity index (χ3v) is 2.67. The lowest BCUT2D eigenvalue weighted by atomic mass is 10.2. The van der Waals surface area contributed by atoms with Crippen LogP contribution in [-0.4, -0.2) is 21.0 Å². The van der Waals surface area contributed by atoms with E-state index in [1.54, 1.807) is 6.07 Å². The number of hydrogen-bond donors (Lipinski definition) is 1. The highest BCUT2D eigenvalue weighted by molar-refractivity contribution is 7.09. The molecule has 5 heteroatoms. The van der Waals surface area contributed by atoms with Crippen LogP contribution in [0.15, 0.2) is 23.7 Å². The molecule has 0 unspecified atom stereocenters. The maximum Gasteiger partial charge on any atom is 0.354 e. The van der Waals surface area contributed by atoms with Crippen molar-refractivity contribution in [1.82, 2.24) is 9.97 Å². The van der Waals surface area contributed by atoms with Crippen LogP contribution in [0.2, 0.25) is 0 Å². The van der Waals surface area contributed by atoms with Crippen LogP contribution in [0, 0.1) is 6.92 Å². The molecule has 0 fully saturated rings. The Morgan fingerprint density at radius 2 is 2.33 bits per heavy atom. The Labute approximate surface area is 90.3 Å². The topological polar surface area (TPSA) is 63.1 Å². The normalized spacial score (nSPS) is 10.2. The summed E-state index contributed by atoms with van der Waals surface area (Å²) in [6, 6.07) is 3.28. The highest BCUT2D eigenvalue weighted by atomic mass is 32.1. The van der Waals surface area contributed by atoms with Gasteiger partial charge in [0.2, 0.25) is 0 Å². The molecule has 2 rings (SSSR count). The molecule has 0 bridgehead atoms. The van der Waals surface area contributed by atoms with E-state index in [-0.39, 0.29) is 5.69 Å². The van der Waals surface area contributed by atoms with Crippen LogP contribution < -0.4 is 0 Å². The SMILES string of the molecule is Cc1nc(-c2ccnc(C(=O)O)c2)cs1. The summed E-state index contributed by atoms with van der Waals surface area (Å²) >= 11 is 1.53. The number of aromatic carboxylic acids is 1. The summed E-state index contributed by atoms with van der Waals surface area (Å²) in [6.45, 7) is 1.91. The zero-order valence-electron chi connectivity index (χ0n) is 7.97. The average molecular weight is 220 g/mol. The molecule has 76 valence electrons. The molecule has 15 heavy (non-hydrogen) atoms. The van der Waals surface area contributed by atoms with Crippen molar-refractivity contribution in [2.45, 2.75) is 6.92 Å². The summed E-state index contributed by atoms with van der Waals surface area (Å²) in [5, 5.41) is 11.6. The quantitative estimate of drug-likeness (QED) is 0.842. The van der Waals surface area contributed by atoms with Gasteiger partial charge in [0.25, 0.3) is 0 Å². The van der Waals surface area contributed by atoms with Gasteiger partial charge in [0, 0.05) is 17.1 Å². The standard InChI is InChI=1S/C10H8N2O2S/c1-6-12-9(5-15-6)7-2-3-11-8(4-7)10(13)14/h2-5H,1H3,(H,13,14). The van der Waals surface area contributed by atoms with E-state index in [0.717, 1.165) is 16.3 Å². The van der Waals surface area contributed by atoms with Crippen LogP contribution in [0.25, 0.3) is 11.3 Å². The third-order valence-electron chi connectivity index (χ3n) is 1.89. The minimum atomic E-state index is -1.02. The number of carbonyl (C=O) groups is 1. The Hall–Kier alpha value is -1.75. The second-order valence-corrected chi connectivity index (χ2v) is 4.05. The number of pyridine rings is 1. The minimum absolute atomic E-state index is 0.0400. The van der Waals surface area contributed by atoms with Crippen molar-refractivity contribution in [3.63, 3.8) is 0 Å². The van der Waals surface area contributed by atoms with Gasteiger partial charge in [-0.2, -0.15) is 0 Å². The molecule has 4 nitrogen and oxygen atoms in total. The van der Waals surface area contributed by atoms with E-state index in [4.69, 9.17) is 5.11 Å². The van der Waals surface area contributed by atoms with Crippen molar-refractivity contribution in [3.8, 4) is 11.3 Å². The molecular weight excluding hydrogens is 212 g/mol. The fraction of sp³-hybridized carbons (Fsp3) is 0.100. The summed E-state index contributed by atoms with van der Waals surface area (Å²) in [4.78, 5) is 18.7. The van der Waals surface area contributed by atoms with Crippen molar-refractivity contribution < 1.29 is 9.90 Å². The van der Waals surface area contributed by atoms with Gasteiger partial charge in [0.05, 0.1) is 10.7 Å². The molecule has 0 aliphatic rings. The average Bonchev–Trinajstić information content (AvgIpc) is 2.65. The van der Waals surface area contributed by atoms with Crippen molar-refractivity contribution in [2.24, 2.45) is 0 Å². The number of aromatic nitrogens is 2. The van der Waals surface area contributed by atoms with E-state index in [1.165, 1.54) is 23.6 Å². The van der Waals surface area contributed by atoms with E-state index < -0.39 is 5.97 Å². The Bertz CT molecular complexity index is 508. The first-order chi connectivity index (χ1) is 7.16. The summed E-state index contributed by atoms with van der Waals surface area (Å²) < 4.78 is 0. The van der Waals surface area contributed by atoms with Gasteiger partial charge in [0.1, 0.15) is 5.69 Å². The van der Waals surface area contributed by atoms with Crippen molar-refractivity contribution >= 4 is 17.3 Å². The first kappa shape index (κ1) is 9.79.